The quantitative estimate of drug-likeness (QED) is 0.593. The van der Waals surface area contributed by atoms with Crippen LogP contribution in [0.1, 0.15) is 13.8 Å². The van der Waals surface area contributed by atoms with Gasteiger partial charge in [-0.25, -0.2) is 0 Å². The second kappa shape index (κ2) is 7.54. The number of non-ortho nitro benzene ring substituents is 1. The van der Waals surface area contributed by atoms with Crippen LogP contribution in [0, 0.1) is 16.0 Å². The monoisotopic (exact) mass is 329 g/mol. The highest BCUT2D eigenvalue weighted by Crippen LogP contribution is 2.34. The molecule has 1 aromatic rings. The van der Waals surface area contributed by atoms with Crippen LogP contribution < -0.4 is 9.64 Å². The van der Waals surface area contributed by atoms with Crippen LogP contribution in [0.5, 0.6) is 5.75 Å². The molecule has 0 bridgehead atoms. The fourth-order valence-corrected chi connectivity index (χ4v) is 2.76. The molecule has 0 spiro atoms. The number of halogens is 2. The molecule has 0 unspecified atom stereocenters. The maximum atomic E-state index is 12.6. The van der Waals surface area contributed by atoms with Gasteiger partial charge < -0.3 is 9.64 Å². The maximum Gasteiger partial charge on any atom is 0.387 e. The number of nitro benzene ring substituents is 1. The number of rotatable bonds is 6. The van der Waals surface area contributed by atoms with Gasteiger partial charge in [-0.3, -0.25) is 15.0 Å². The predicted molar refractivity (Wildman–Crippen MR) is 83.2 cm³/mol. The Hall–Kier alpha value is -1.96. The number of benzene rings is 1. The van der Waals surface area contributed by atoms with Crippen molar-refractivity contribution in [2.45, 2.75) is 20.5 Å². The van der Waals surface area contributed by atoms with Gasteiger partial charge in [-0.15, -0.1) is 0 Å². The molecular weight excluding hydrogens is 308 g/mol. The van der Waals surface area contributed by atoms with Crippen molar-refractivity contribution < 1.29 is 18.4 Å². The molecule has 0 amide bonds. The van der Waals surface area contributed by atoms with Crippen LogP contribution in [0.4, 0.5) is 20.2 Å². The van der Waals surface area contributed by atoms with Gasteiger partial charge in [0.2, 0.25) is 0 Å². The zero-order chi connectivity index (χ0) is 17.0. The van der Waals surface area contributed by atoms with Gasteiger partial charge in [0.05, 0.1) is 16.7 Å². The predicted octanol–water partition coefficient (Wildman–Crippen LogP) is 2.97. The first-order valence-electron chi connectivity index (χ1n) is 7.57. The lowest BCUT2D eigenvalue weighted by Crippen LogP contribution is -2.47. The van der Waals surface area contributed by atoms with Crippen molar-refractivity contribution in [2.75, 3.05) is 37.6 Å². The topological polar surface area (TPSA) is 58.9 Å². The summed E-state index contributed by atoms with van der Waals surface area (Å²) in [7, 11) is 0. The summed E-state index contributed by atoms with van der Waals surface area (Å²) in [5.41, 5.74) is 0.211. The van der Waals surface area contributed by atoms with E-state index in [9.17, 15) is 18.9 Å². The molecule has 1 aromatic carbocycles. The number of anilines is 1. The number of alkyl halides is 2. The minimum absolute atomic E-state index is 0.147. The Balaban J connectivity index is 2.14. The summed E-state index contributed by atoms with van der Waals surface area (Å²) in [6, 6.07) is 3.85. The molecule has 1 fully saturated rings. The van der Waals surface area contributed by atoms with Crippen LogP contribution in [-0.4, -0.2) is 49.2 Å². The first kappa shape index (κ1) is 17.4. The van der Waals surface area contributed by atoms with E-state index in [0.29, 0.717) is 24.7 Å². The Morgan fingerprint density at radius 2 is 1.91 bits per heavy atom. The molecule has 0 atom stereocenters. The summed E-state index contributed by atoms with van der Waals surface area (Å²) in [5, 5.41) is 10.8. The number of hydrogen-bond donors (Lipinski definition) is 0. The molecule has 1 heterocycles. The maximum absolute atomic E-state index is 12.6. The number of hydrogen-bond acceptors (Lipinski definition) is 5. The summed E-state index contributed by atoms with van der Waals surface area (Å²) < 4.78 is 29.7. The molecule has 0 aromatic heterocycles. The molecular formula is C15H21F2N3O3. The van der Waals surface area contributed by atoms with Gasteiger partial charge in [0.1, 0.15) is 0 Å². The van der Waals surface area contributed by atoms with Gasteiger partial charge in [0.15, 0.2) is 5.75 Å². The molecule has 1 saturated heterocycles. The Kier molecular flexibility index (Phi) is 5.70. The third kappa shape index (κ3) is 4.75. The lowest BCUT2D eigenvalue weighted by molar-refractivity contribution is -0.385. The Bertz CT molecular complexity index is 547. The molecule has 128 valence electrons. The lowest BCUT2D eigenvalue weighted by atomic mass is 10.1. The molecule has 6 nitrogen and oxygen atoms in total. The molecule has 0 aliphatic carbocycles. The fourth-order valence-electron chi connectivity index (χ4n) is 2.76. The first-order valence-corrected chi connectivity index (χ1v) is 7.57. The van der Waals surface area contributed by atoms with Crippen molar-refractivity contribution in [3.05, 3.63) is 28.3 Å². The van der Waals surface area contributed by atoms with Crippen LogP contribution in [0.25, 0.3) is 0 Å². The number of piperazine rings is 1. The van der Waals surface area contributed by atoms with E-state index in [0.717, 1.165) is 25.7 Å². The van der Waals surface area contributed by atoms with E-state index in [4.69, 9.17) is 0 Å². The zero-order valence-corrected chi connectivity index (χ0v) is 13.2. The molecule has 23 heavy (non-hydrogen) atoms. The minimum Gasteiger partial charge on any atom is -0.432 e. The first-order chi connectivity index (χ1) is 10.9. The molecule has 0 N–H and O–H groups in total. The highest BCUT2D eigenvalue weighted by molar-refractivity contribution is 5.62. The van der Waals surface area contributed by atoms with Crippen LogP contribution >= 0.6 is 0 Å². The molecule has 1 aliphatic heterocycles. The highest BCUT2D eigenvalue weighted by Gasteiger charge is 2.23. The smallest absolute Gasteiger partial charge is 0.387 e. The van der Waals surface area contributed by atoms with Crippen molar-refractivity contribution in [1.82, 2.24) is 4.90 Å². The number of nitro groups is 1. The van der Waals surface area contributed by atoms with Crippen LogP contribution in [0.3, 0.4) is 0 Å². The lowest BCUT2D eigenvalue weighted by Gasteiger charge is -2.37. The van der Waals surface area contributed by atoms with Crippen LogP contribution in [-0.2, 0) is 0 Å². The average Bonchev–Trinajstić information content (AvgIpc) is 2.47. The van der Waals surface area contributed by atoms with E-state index in [1.165, 1.54) is 12.1 Å². The SMILES string of the molecule is CC(C)CN1CCN(c2ccc([N+](=O)[O-])cc2OC(F)F)CC1. The standard InChI is InChI=1S/C15H21F2N3O3/c1-11(2)10-18-5-7-19(8-6-18)13-4-3-12(20(21)22)9-14(13)23-15(16)17/h3-4,9,11,15H,5-8,10H2,1-2H3. The van der Waals surface area contributed by atoms with Crippen molar-refractivity contribution in [1.29, 1.82) is 0 Å². The van der Waals surface area contributed by atoms with E-state index in [2.05, 4.69) is 23.5 Å². The second-order valence-electron chi connectivity index (χ2n) is 5.97. The van der Waals surface area contributed by atoms with Gasteiger partial charge >= 0.3 is 6.61 Å². The van der Waals surface area contributed by atoms with Crippen LogP contribution in [0.2, 0.25) is 0 Å². The average molecular weight is 329 g/mol. The van der Waals surface area contributed by atoms with Gasteiger partial charge in [-0.1, -0.05) is 13.8 Å². The fraction of sp³-hybridized carbons (Fsp3) is 0.600. The zero-order valence-electron chi connectivity index (χ0n) is 13.2. The number of nitrogens with zero attached hydrogens (tertiary/aromatic N) is 3. The number of ether oxygens (including phenoxy) is 1. The van der Waals surface area contributed by atoms with Gasteiger partial charge in [0, 0.05) is 38.8 Å². The summed E-state index contributed by atoms with van der Waals surface area (Å²) in [6.07, 6.45) is 0. The Labute approximate surface area is 133 Å². The molecule has 1 aliphatic rings. The summed E-state index contributed by atoms with van der Waals surface area (Å²) >= 11 is 0. The normalized spacial score (nSPS) is 16.2. The molecule has 0 saturated carbocycles. The van der Waals surface area contributed by atoms with Crippen molar-refractivity contribution in [3.8, 4) is 5.75 Å². The molecule has 2 rings (SSSR count). The minimum atomic E-state index is -3.02. The van der Waals surface area contributed by atoms with Crippen LogP contribution in [0.15, 0.2) is 18.2 Å². The third-order valence-electron chi connectivity index (χ3n) is 3.71. The van der Waals surface area contributed by atoms with Gasteiger partial charge in [-0.05, 0) is 12.0 Å². The van der Waals surface area contributed by atoms with E-state index in [-0.39, 0.29) is 11.4 Å². The van der Waals surface area contributed by atoms with Gasteiger partial charge in [0.25, 0.3) is 5.69 Å². The largest absolute Gasteiger partial charge is 0.432 e. The second-order valence-corrected chi connectivity index (χ2v) is 5.97. The Morgan fingerprint density at radius 1 is 1.26 bits per heavy atom. The van der Waals surface area contributed by atoms with Crippen molar-refractivity contribution in [2.24, 2.45) is 5.92 Å². The van der Waals surface area contributed by atoms with E-state index in [1.807, 2.05) is 4.90 Å². The van der Waals surface area contributed by atoms with Crippen molar-refractivity contribution in [3.63, 3.8) is 0 Å². The summed E-state index contributed by atoms with van der Waals surface area (Å²) in [6.45, 7) is 5.27. The molecule has 8 heteroatoms. The van der Waals surface area contributed by atoms with Gasteiger partial charge in [-0.2, -0.15) is 8.78 Å². The summed E-state index contributed by atoms with van der Waals surface area (Å²) in [4.78, 5) is 14.4. The highest BCUT2D eigenvalue weighted by atomic mass is 19.3. The summed E-state index contributed by atoms with van der Waals surface area (Å²) in [5.74, 6) is 0.421. The van der Waals surface area contributed by atoms with Crippen molar-refractivity contribution >= 4 is 11.4 Å². The third-order valence-corrected chi connectivity index (χ3v) is 3.71. The molecule has 0 radical (unpaired) electrons. The Morgan fingerprint density at radius 3 is 2.43 bits per heavy atom. The van der Waals surface area contributed by atoms with E-state index >= 15 is 0 Å². The van der Waals surface area contributed by atoms with E-state index < -0.39 is 11.5 Å². The van der Waals surface area contributed by atoms with E-state index in [1.54, 1.807) is 0 Å².